The van der Waals surface area contributed by atoms with Gasteiger partial charge in [-0.25, -0.2) is 9.18 Å². The summed E-state index contributed by atoms with van der Waals surface area (Å²) < 4.78 is 19.9. The van der Waals surface area contributed by atoms with Gasteiger partial charge in [0.05, 0.1) is 0 Å². The number of carboxylic acid groups (broad SMARTS) is 1. The molecule has 0 spiro atoms. The molecule has 0 unspecified atom stereocenters. The van der Waals surface area contributed by atoms with Crippen LogP contribution in [0.4, 0.5) is 4.39 Å². The van der Waals surface area contributed by atoms with E-state index in [4.69, 9.17) is 4.52 Å². The van der Waals surface area contributed by atoms with Crippen LogP contribution in [0, 0.1) is 5.82 Å². The van der Waals surface area contributed by atoms with Crippen LogP contribution in [0.25, 0.3) is 11.3 Å². The fourth-order valence-corrected chi connectivity index (χ4v) is 3.17. The number of benzene rings is 1. The third kappa shape index (κ3) is 2.60. The van der Waals surface area contributed by atoms with Gasteiger partial charge in [-0.05, 0) is 31.0 Å². The Hall–Kier alpha value is -1.69. The third-order valence-electron chi connectivity index (χ3n) is 3.84. The number of halogens is 2. The highest BCUT2D eigenvalue weighted by Gasteiger charge is 2.31. The summed E-state index contributed by atoms with van der Waals surface area (Å²) in [7, 11) is 0. The van der Waals surface area contributed by atoms with Gasteiger partial charge < -0.3 is 9.63 Å². The Morgan fingerprint density at radius 1 is 1.38 bits per heavy atom. The summed E-state index contributed by atoms with van der Waals surface area (Å²) in [5, 5.41) is 13.3. The number of nitrogens with zero attached hydrogens (tertiary/aromatic N) is 1. The zero-order valence-electron chi connectivity index (χ0n) is 11.1. The molecule has 4 nitrogen and oxygen atoms in total. The van der Waals surface area contributed by atoms with Crippen molar-refractivity contribution in [1.82, 2.24) is 5.16 Å². The van der Waals surface area contributed by atoms with E-state index in [2.05, 4.69) is 21.1 Å². The van der Waals surface area contributed by atoms with Gasteiger partial charge in [-0.15, -0.1) is 0 Å². The van der Waals surface area contributed by atoms with Crippen molar-refractivity contribution in [3.05, 3.63) is 39.8 Å². The van der Waals surface area contributed by atoms with E-state index in [0.717, 1.165) is 25.7 Å². The van der Waals surface area contributed by atoms with Gasteiger partial charge in [-0.1, -0.05) is 33.9 Å². The maximum absolute atomic E-state index is 14.1. The highest BCUT2D eigenvalue weighted by molar-refractivity contribution is 9.10. The van der Waals surface area contributed by atoms with E-state index in [1.165, 1.54) is 12.1 Å². The minimum absolute atomic E-state index is 0.0110. The molecule has 0 aliphatic heterocycles. The molecule has 2 aromatic rings. The van der Waals surface area contributed by atoms with Crippen LogP contribution in [0.5, 0.6) is 0 Å². The molecule has 0 saturated heterocycles. The summed E-state index contributed by atoms with van der Waals surface area (Å²) in [4.78, 5) is 11.6. The van der Waals surface area contributed by atoms with Crippen molar-refractivity contribution in [3.8, 4) is 11.3 Å². The van der Waals surface area contributed by atoms with E-state index in [-0.39, 0.29) is 22.7 Å². The quantitative estimate of drug-likeness (QED) is 0.875. The summed E-state index contributed by atoms with van der Waals surface area (Å²) in [5.74, 6) is -1.22. The second-order valence-corrected chi connectivity index (χ2v) is 6.10. The van der Waals surface area contributed by atoms with Gasteiger partial charge in [-0.2, -0.15) is 0 Å². The fraction of sp³-hybridized carbons (Fsp3) is 0.333. The number of carbonyl (C=O) groups is 1. The lowest BCUT2D eigenvalue weighted by atomic mass is 9.97. The summed E-state index contributed by atoms with van der Waals surface area (Å²) in [6, 6.07) is 4.43. The predicted octanol–water partition coefficient (Wildman–Crippen LogP) is 4.60. The van der Waals surface area contributed by atoms with Crippen LogP contribution >= 0.6 is 15.9 Å². The first-order valence-electron chi connectivity index (χ1n) is 6.76. The first-order chi connectivity index (χ1) is 10.1. The van der Waals surface area contributed by atoms with Crippen LogP contribution < -0.4 is 0 Å². The molecule has 1 heterocycles. The molecule has 0 amide bonds. The van der Waals surface area contributed by atoms with Crippen molar-refractivity contribution >= 4 is 21.9 Å². The average Bonchev–Trinajstić information content (AvgIpc) is 3.07. The fourth-order valence-electron chi connectivity index (χ4n) is 2.84. The molecule has 6 heteroatoms. The molecule has 1 saturated carbocycles. The Labute approximate surface area is 129 Å². The van der Waals surface area contributed by atoms with Gasteiger partial charge in [0.1, 0.15) is 17.1 Å². The van der Waals surface area contributed by atoms with Gasteiger partial charge >= 0.3 is 5.97 Å². The third-order valence-corrected chi connectivity index (χ3v) is 4.34. The highest BCUT2D eigenvalue weighted by Crippen LogP contribution is 2.39. The lowest BCUT2D eigenvalue weighted by molar-refractivity contribution is 0.0694. The van der Waals surface area contributed by atoms with E-state index < -0.39 is 11.8 Å². The van der Waals surface area contributed by atoms with Crippen LogP contribution in [-0.4, -0.2) is 16.2 Å². The maximum Gasteiger partial charge on any atom is 0.341 e. The lowest BCUT2D eigenvalue weighted by Gasteiger charge is -2.06. The minimum Gasteiger partial charge on any atom is -0.477 e. The van der Waals surface area contributed by atoms with E-state index in [1.807, 2.05) is 0 Å². The number of rotatable bonds is 3. The zero-order valence-corrected chi connectivity index (χ0v) is 12.7. The first kappa shape index (κ1) is 14.3. The molecule has 1 aliphatic carbocycles. The summed E-state index contributed by atoms with van der Waals surface area (Å²) >= 11 is 3.18. The van der Waals surface area contributed by atoms with E-state index in [9.17, 15) is 14.3 Å². The number of aromatic carboxylic acids is 1. The molecule has 1 aromatic heterocycles. The first-order valence-corrected chi connectivity index (χ1v) is 7.55. The standard InChI is InChI=1S/C15H13BrFNO3/c16-9-5-6-10(11(17)7-9)13-12(15(19)20)14(21-18-13)8-3-1-2-4-8/h5-8H,1-4H2,(H,19,20). The number of carboxylic acids is 1. The Kier molecular flexibility index (Phi) is 3.80. The smallest absolute Gasteiger partial charge is 0.341 e. The van der Waals surface area contributed by atoms with Crippen LogP contribution in [0.15, 0.2) is 27.2 Å². The molecule has 1 aliphatic rings. The molecule has 1 N–H and O–H groups in total. The van der Waals surface area contributed by atoms with Crippen LogP contribution in [-0.2, 0) is 0 Å². The molecule has 110 valence electrons. The summed E-state index contributed by atoms with van der Waals surface area (Å²) in [6.45, 7) is 0. The second kappa shape index (κ2) is 5.60. The molecular formula is C15H13BrFNO3. The molecule has 21 heavy (non-hydrogen) atoms. The molecule has 0 bridgehead atoms. The van der Waals surface area contributed by atoms with Crippen molar-refractivity contribution in [2.24, 2.45) is 0 Å². The Morgan fingerprint density at radius 3 is 2.71 bits per heavy atom. The van der Waals surface area contributed by atoms with Crippen LogP contribution in [0.3, 0.4) is 0 Å². The van der Waals surface area contributed by atoms with Crippen molar-refractivity contribution in [3.63, 3.8) is 0 Å². The van der Waals surface area contributed by atoms with Gasteiger partial charge in [0.25, 0.3) is 0 Å². The van der Waals surface area contributed by atoms with Crippen LogP contribution in [0.1, 0.15) is 47.7 Å². The van der Waals surface area contributed by atoms with E-state index in [0.29, 0.717) is 10.2 Å². The maximum atomic E-state index is 14.1. The number of aromatic nitrogens is 1. The van der Waals surface area contributed by atoms with E-state index >= 15 is 0 Å². The minimum atomic E-state index is -1.13. The van der Waals surface area contributed by atoms with Crippen molar-refractivity contribution in [2.45, 2.75) is 31.6 Å². The lowest BCUT2D eigenvalue weighted by Crippen LogP contribution is -2.04. The van der Waals surface area contributed by atoms with Gasteiger partial charge in [0, 0.05) is 16.0 Å². The Balaban J connectivity index is 2.12. The highest BCUT2D eigenvalue weighted by atomic mass is 79.9. The molecule has 3 rings (SSSR count). The predicted molar refractivity (Wildman–Crippen MR) is 77.8 cm³/mol. The van der Waals surface area contributed by atoms with E-state index in [1.54, 1.807) is 6.07 Å². The Bertz CT molecular complexity index is 692. The summed E-state index contributed by atoms with van der Waals surface area (Å²) in [6.07, 6.45) is 3.87. The molecule has 0 atom stereocenters. The zero-order chi connectivity index (χ0) is 15.0. The van der Waals surface area contributed by atoms with Crippen molar-refractivity contribution in [2.75, 3.05) is 0 Å². The Morgan fingerprint density at radius 2 is 2.10 bits per heavy atom. The normalized spacial score (nSPS) is 15.5. The number of hydrogen-bond donors (Lipinski definition) is 1. The molecule has 0 radical (unpaired) electrons. The number of hydrogen-bond acceptors (Lipinski definition) is 3. The van der Waals surface area contributed by atoms with Gasteiger partial charge in [-0.3, -0.25) is 0 Å². The average molecular weight is 354 g/mol. The van der Waals surface area contributed by atoms with Gasteiger partial charge in [0.15, 0.2) is 5.76 Å². The second-order valence-electron chi connectivity index (χ2n) is 5.18. The topological polar surface area (TPSA) is 63.3 Å². The van der Waals surface area contributed by atoms with Gasteiger partial charge in [0.2, 0.25) is 0 Å². The molecule has 1 fully saturated rings. The largest absolute Gasteiger partial charge is 0.477 e. The van der Waals surface area contributed by atoms with Crippen molar-refractivity contribution < 1.29 is 18.8 Å². The van der Waals surface area contributed by atoms with Crippen LogP contribution in [0.2, 0.25) is 0 Å². The summed E-state index contributed by atoms with van der Waals surface area (Å²) in [5.41, 5.74) is 0.195. The monoisotopic (exact) mass is 353 g/mol. The van der Waals surface area contributed by atoms with Crippen molar-refractivity contribution in [1.29, 1.82) is 0 Å². The molecule has 1 aromatic carbocycles. The molecular weight excluding hydrogens is 341 g/mol. The SMILES string of the molecule is O=C(O)c1c(-c2ccc(Br)cc2F)noc1C1CCCC1.